The maximum absolute atomic E-state index is 2.28. The number of thiophene rings is 1. The predicted octanol–water partition coefficient (Wildman–Crippen LogP) is 4.31. The molecule has 14 heavy (non-hydrogen) atoms. The molecule has 3 rings (SSSR count). The maximum Gasteiger partial charge on any atom is 0.0357 e. The molecule has 0 aromatic carbocycles. The summed E-state index contributed by atoms with van der Waals surface area (Å²) in [5.41, 5.74) is 4.12. The topological polar surface area (TPSA) is 0 Å². The lowest BCUT2D eigenvalue weighted by Gasteiger charge is -1.92. The highest BCUT2D eigenvalue weighted by molar-refractivity contribution is 7.17. The molecular weight excluding hydrogens is 188 g/mol. The van der Waals surface area contributed by atoms with Gasteiger partial charge in [-0.2, -0.15) is 0 Å². The molecule has 1 aromatic heterocycles. The summed E-state index contributed by atoms with van der Waals surface area (Å²) in [5, 5.41) is 3.66. The Labute approximate surface area is 87.2 Å². The third-order valence-electron chi connectivity index (χ3n) is 2.63. The normalized spacial score (nSPS) is 11.2. The van der Waals surface area contributed by atoms with E-state index >= 15 is 0 Å². The van der Waals surface area contributed by atoms with Crippen molar-refractivity contribution in [3.8, 4) is 11.1 Å². The number of hydrogen-bond acceptors (Lipinski definition) is 1. The minimum absolute atomic E-state index is 1.35. The van der Waals surface area contributed by atoms with Gasteiger partial charge in [0.2, 0.25) is 0 Å². The summed E-state index contributed by atoms with van der Waals surface area (Å²) >= 11 is 1.84. The minimum atomic E-state index is 1.35. The fourth-order valence-electron chi connectivity index (χ4n) is 1.97. The van der Waals surface area contributed by atoms with Crippen molar-refractivity contribution < 1.29 is 0 Å². The van der Waals surface area contributed by atoms with Gasteiger partial charge in [0.15, 0.2) is 0 Å². The van der Waals surface area contributed by atoms with E-state index in [1.54, 1.807) is 0 Å². The van der Waals surface area contributed by atoms with E-state index < -0.39 is 0 Å². The van der Waals surface area contributed by atoms with Crippen molar-refractivity contribution in [3.63, 3.8) is 0 Å². The van der Waals surface area contributed by atoms with Gasteiger partial charge in [0.05, 0.1) is 0 Å². The summed E-state index contributed by atoms with van der Waals surface area (Å²) < 4.78 is 1.41. The van der Waals surface area contributed by atoms with Crippen molar-refractivity contribution >= 4 is 21.4 Å². The zero-order chi connectivity index (χ0) is 9.54. The van der Waals surface area contributed by atoms with E-state index in [-0.39, 0.29) is 0 Å². The second-order valence-corrected chi connectivity index (χ2v) is 4.49. The summed E-state index contributed by atoms with van der Waals surface area (Å²) in [6, 6.07) is 13.0. The molecule has 0 N–H and O–H groups in total. The van der Waals surface area contributed by atoms with Crippen molar-refractivity contribution in [2.75, 3.05) is 0 Å². The van der Waals surface area contributed by atoms with Crippen molar-refractivity contribution in [2.45, 2.75) is 6.92 Å². The maximum atomic E-state index is 2.28. The van der Waals surface area contributed by atoms with Gasteiger partial charge in [0.1, 0.15) is 0 Å². The fourth-order valence-corrected chi connectivity index (χ4v) is 2.98. The molecule has 0 spiro atoms. The standard InChI is InChI=1S/C13H10S/c1-9-8-14-12-7-10-5-3-2-4-6-11(10)13(9)12/h2-8H,1H3. The molecule has 2 aliphatic rings. The predicted molar refractivity (Wildman–Crippen MR) is 63.2 cm³/mol. The molecule has 1 heterocycles. The lowest BCUT2D eigenvalue weighted by molar-refractivity contribution is 1.61. The molecule has 0 saturated heterocycles. The van der Waals surface area contributed by atoms with E-state index in [1.807, 2.05) is 11.3 Å². The van der Waals surface area contributed by atoms with Crippen molar-refractivity contribution in [2.24, 2.45) is 0 Å². The second-order valence-electron chi connectivity index (χ2n) is 3.58. The van der Waals surface area contributed by atoms with Crippen LogP contribution in [0.3, 0.4) is 0 Å². The summed E-state index contributed by atoms with van der Waals surface area (Å²) in [7, 11) is 0. The molecule has 0 saturated carbocycles. The van der Waals surface area contributed by atoms with Gasteiger partial charge < -0.3 is 0 Å². The largest absolute Gasteiger partial charge is 0.143 e. The Bertz CT molecular complexity index is 563. The third-order valence-corrected chi connectivity index (χ3v) is 3.68. The first-order chi connectivity index (χ1) is 6.86. The summed E-state index contributed by atoms with van der Waals surface area (Å²) in [4.78, 5) is 0. The lowest BCUT2D eigenvalue weighted by Crippen LogP contribution is -1.68. The second kappa shape index (κ2) is 2.82. The van der Waals surface area contributed by atoms with Crippen LogP contribution in [-0.4, -0.2) is 0 Å². The van der Waals surface area contributed by atoms with Crippen LogP contribution in [0.4, 0.5) is 0 Å². The van der Waals surface area contributed by atoms with Gasteiger partial charge in [-0.05, 0) is 35.1 Å². The molecule has 1 aromatic rings. The van der Waals surface area contributed by atoms with Crippen LogP contribution < -0.4 is 0 Å². The zero-order valence-corrected chi connectivity index (χ0v) is 8.77. The molecule has 0 fully saturated rings. The first-order valence-electron chi connectivity index (χ1n) is 4.72. The van der Waals surface area contributed by atoms with E-state index in [4.69, 9.17) is 0 Å². The lowest BCUT2D eigenvalue weighted by atomic mass is 10.1. The molecule has 1 heteroatoms. The van der Waals surface area contributed by atoms with Crippen molar-refractivity contribution in [1.29, 1.82) is 0 Å². The summed E-state index contributed by atoms with van der Waals surface area (Å²) in [6.07, 6.45) is 0. The zero-order valence-electron chi connectivity index (χ0n) is 7.95. The third kappa shape index (κ3) is 0.992. The molecule has 0 radical (unpaired) electrons. The Hall–Kier alpha value is -1.34. The van der Waals surface area contributed by atoms with E-state index in [2.05, 4.69) is 48.7 Å². The van der Waals surface area contributed by atoms with Crippen molar-refractivity contribution in [1.82, 2.24) is 0 Å². The summed E-state index contributed by atoms with van der Waals surface area (Å²) in [6.45, 7) is 2.19. The Kier molecular flexibility index (Phi) is 1.62. The number of aryl methyl sites for hydroxylation is 1. The molecule has 0 atom stereocenters. The molecular formula is C13H10S. The van der Waals surface area contributed by atoms with E-state index in [1.165, 1.54) is 26.8 Å². The SMILES string of the molecule is Cc1csc2cc3cccccc-3c12. The Morgan fingerprint density at radius 1 is 1.07 bits per heavy atom. The number of hydrogen-bond donors (Lipinski definition) is 0. The van der Waals surface area contributed by atoms with Crippen LogP contribution >= 0.6 is 11.3 Å². The Balaban J connectivity index is 2.54. The number of fused-ring (bicyclic) bond motifs is 3. The van der Waals surface area contributed by atoms with E-state index in [0.717, 1.165) is 0 Å². The average molecular weight is 198 g/mol. The van der Waals surface area contributed by atoms with Crippen LogP contribution in [0.5, 0.6) is 0 Å². The van der Waals surface area contributed by atoms with E-state index in [9.17, 15) is 0 Å². The first kappa shape index (κ1) is 8.01. The molecule has 0 aliphatic heterocycles. The van der Waals surface area contributed by atoms with Crippen LogP contribution in [0.25, 0.3) is 21.2 Å². The van der Waals surface area contributed by atoms with Gasteiger partial charge in [0, 0.05) is 10.1 Å². The Morgan fingerprint density at radius 2 is 1.93 bits per heavy atom. The smallest absolute Gasteiger partial charge is 0.0357 e. The molecule has 2 aliphatic carbocycles. The van der Waals surface area contributed by atoms with Crippen LogP contribution in [0.2, 0.25) is 0 Å². The van der Waals surface area contributed by atoms with E-state index in [0.29, 0.717) is 0 Å². The van der Waals surface area contributed by atoms with Crippen LogP contribution in [-0.2, 0) is 0 Å². The van der Waals surface area contributed by atoms with Crippen molar-refractivity contribution in [3.05, 3.63) is 47.3 Å². The highest BCUT2D eigenvalue weighted by Gasteiger charge is 2.10. The van der Waals surface area contributed by atoms with Gasteiger partial charge in [-0.1, -0.05) is 30.3 Å². The van der Waals surface area contributed by atoms with Gasteiger partial charge in [0.25, 0.3) is 0 Å². The van der Waals surface area contributed by atoms with Gasteiger partial charge in [-0.3, -0.25) is 0 Å². The monoisotopic (exact) mass is 198 g/mol. The molecule has 0 amide bonds. The average Bonchev–Trinajstić information content (AvgIpc) is 2.61. The van der Waals surface area contributed by atoms with Crippen LogP contribution in [0.15, 0.2) is 41.8 Å². The number of rotatable bonds is 0. The quantitative estimate of drug-likeness (QED) is 0.505. The molecule has 0 bridgehead atoms. The summed E-state index contributed by atoms with van der Waals surface area (Å²) in [5.74, 6) is 0. The molecule has 0 unspecified atom stereocenters. The molecule has 0 nitrogen and oxygen atoms in total. The van der Waals surface area contributed by atoms with Gasteiger partial charge >= 0.3 is 0 Å². The fraction of sp³-hybridized carbons (Fsp3) is 0.0769. The van der Waals surface area contributed by atoms with Gasteiger partial charge in [-0.25, -0.2) is 0 Å². The van der Waals surface area contributed by atoms with Crippen LogP contribution in [0.1, 0.15) is 5.56 Å². The highest BCUT2D eigenvalue weighted by atomic mass is 32.1. The van der Waals surface area contributed by atoms with Crippen LogP contribution in [0, 0.1) is 6.92 Å². The first-order valence-corrected chi connectivity index (χ1v) is 5.60. The minimum Gasteiger partial charge on any atom is -0.143 e. The van der Waals surface area contributed by atoms with Gasteiger partial charge in [-0.15, -0.1) is 11.3 Å². The molecule has 68 valence electrons. The highest BCUT2D eigenvalue weighted by Crippen LogP contribution is 2.38. The Morgan fingerprint density at radius 3 is 2.86 bits per heavy atom.